The van der Waals surface area contributed by atoms with Crippen molar-refractivity contribution in [3.05, 3.63) is 45.3 Å². The Bertz CT molecular complexity index is 527. The van der Waals surface area contributed by atoms with Crippen LogP contribution in [0.1, 0.15) is 24.5 Å². The molecule has 0 radical (unpaired) electrons. The molecule has 0 atom stereocenters. The van der Waals surface area contributed by atoms with Crippen LogP contribution in [0.5, 0.6) is 0 Å². The quantitative estimate of drug-likeness (QED) is 0.505. The van der Waals surface area contributed by atoms with Gasteiger partial charge in [-0.1, -0.05) is 12.2 Å². The van der Waals surface area contributed by atoms with Gasteiger partial charge in [-0.25, -0.2) is 0 Å². The van der Waals surface area contributed by atoms with E-state index >= 15 is 0 Å². The standard InChI is InChI=1S/C13H15FN2O3/c1-9-7-13(16(18)19)12(14)8-11(9)5-3-4-6-15-10(2)17/h3,5,7-8H,4,6H2,1-2H3,(H,15,17). The maximum atomic E-state index is 13.4. The van der Waals surface area contributed by atoms with Crippen LogP contribution in [0.25, 0.3) is 6.08 Å². The van der Waals surface area contributed by atoms with Crippen molar-refractivity contribution in [2.75, 3.05) is 6.54 Å². The molecule has 0 aliphatic carbocycles. The molecule has 19 heavy (non-hydrogen) atoms. The molecule has 0 aromatic heterocycles. The molecular weight excluding hydrogens is 251 g/mol. The van der Waals surface area contributed by atoms with Crippen molar-refractivity contribution in [1.29, 1.82) is 0 Å². The summed E-state index contributed by atoms with van der Waals surface area (Å²) in [6.45, 7) is 3.61. The lowest BCUT2D eigenvalue weighted by Crippen LogP contribution is -2.20. The second-order valence-corrected chi connectivity index (χ2v) is 4.09. The number of amides is 1. The fourth-order valence-electron chi connectivity index (χ4n) is 1.54. The largest absolute Gasteiger partial charge is 0.356 e. The Balaban J connectivity index is 2.74. The minimum absolute atomic E-state index is 0.106. The van der Waals surface area contributed by atoms with Crippen LogP contribution < -0.4 is 5.32 Å². The van der Waals surface area contributed by atoms with Crippen molar-refractivity contribution in [1.82, 2.24) is 5.32 Å². The van der Waals surface area contributed by atoms with Gasteiger partial charge in [-0.15, -0.1) is 0 Å². The highest BCUT2D eigenvalue weighted by Crippen LogP contribution is 2.22. The van der Waals surface area contributed by atoms with Gasteiger partial charge in [0.1, 0.15) is 0 Å². The Kier molecular flexibility index (Phi) is 5.17. The second kappa shape index (κ2) is 6.63. The fraction of sp³-hybridized carbons (Fsp3) is 0.308. The Morgan fingerprint density at radius 3 is 2.79 bits per heavy atom. The summed E-state index contributed by atoms with van der Waals surface area (Å²) in [4.78, 5) is 20.4. The van der Waals surface area contributed by atoms with E-state index in [0.29, 0.717) is 24.1 Å². The van der Waals surface area contributed by atoms with Crippen LogP contribution in [0.15, 0.2) is 18.2 Å². The summed E-state index contributed by atoms with van der Waals surface area (Å²) in [7, 11) is 0. The molecule has 1 amide bonds. The van der Waals surface area contributed by atoms with Crippen LogP contribution in [0.2, 0.25) is 0 Å². The van der Waals surface area contributed by atoms with E-state index in [1.165, 1.54) is 13.0 Å². The molecule has 1 N–H and O–H groups in total. The number of aryl methyl sites for hydroxylation is 1. The highest BCUT2D eigenvalue weighted by Gasteiger charge is 2.15. The topological polar surface area (TPSA) is 72.2 Å². The van der Waals surface area contributed by atoms with Crippen LogP contribution in [0.3, 0.4) is 0 Å². The normalized spacial score (nSPS) is 10.7. The maximum absolute atomic E-state index is 13.4. The highest BCUT2D eigenvalue weighted by atomic mass is 19.1. The molecule has 0 saturated carbocycles. The van der Waals surface area contributed by atoms with E-state index in [1.807, 2.05) is 0 Å². The summed E-state index contributed by atoms with van der Waals surface area (Å²) in [5.74, 6) is -0.955. The number of nitrogens with one attached hydrogen (secondary N) is 1. The summed E-state index contributed by atoms with van der Waals surface area (Å²) in [5.41, 5.74) is 0.697. The van der Waals surface area contributed by atoms with Gasteiger partial charge in [0.15, 0.2) is 0 Å². The van der Waals surface area contributed by atoms with Crippen LogP contribution in [0, 0.1) is 22.9 Å². The number of rotatable bonds is 5. The van der Waals surface area contributed by atoms with Crippen molar-refractivity contribution < 1.29 is 14.1 Å². The second-order valence-electron chi connectivity index (χ2n) is 4.09. The minimum atomic E-state index is -0.850. The van der Waals surface area contributed by atoms with Crippen LogP contribution in [-0.4, -0.2) is 17.4 Å². The summed E-state index contributed by atoms with van der Waals surface area (Å²) in [6, 6.07) is 2.35. The van der Waals surface area contributed by atoms with Crippen LogP contribution in [-0.2, 0) is 4.79 Å². The Hall–Kier alpha value is -2.24. The molecule has 5 nitrogen and oxygen atoms in total. The van der Waals surface area contributed by atoms with Gasteiger partial charge in [-0.05, 0) is 30.5 Å². The minimum Gasteiger partial charge on any atom is -0.356 e. The molecule has 0 unspecified atom stereocenters. The van der Waals surface area contributed by atoms with Crippen molar-refractivity contribution in [2.45, 2.75) is 20.3 Å². The van der Waals surface area contributed by atoms with Gasteiger partial charge in [-0.2, -0.15) is 4.39 Å². The van der Waals surface area contributed by atoms with E-state index in [2.05, 4.69) is 5.32 Å². The average molecular weight is 266 g/mol. The van der Waals surface area contributed by atoms with E-state index in [9.17, 15) is 19.3 Å². The number of hydrogen-bond donors (Lipinski definition) is 1. The first-order valence-electron chi connectivity index (χ1n) is 5.77. The van der Waals surface area contributed by atoms with Crippen LogP contribution >= 0.6 is 0 Å². The SMILES string of the molecule is CC(=O)NCCC=Cc1cc(F)c([N+](=O)[O-])cc1C. The van der Waals surface area contributed by atoms with Gasteiger partial charge in [0.2, 0.25) is 11.7 Å². The Morgan fingerprint density at radius 1 is 1.53 bits per heavy atom. The number of nitrogens with zero attached hydrogens (tertiary/aromatic N) is 1. The molecule has 1 aromatic rings. The van der Waals surface area contributed by atoms with Gasteiger partial charge < -0.3 is 5.32 Å². The number of carbonyl (C=O) groups is 1. The molecule has 0 spiro atoms. The molecule has 0 saturated heterocycles. The summed E-state index contributed by atoms with van der Waals surface area (Å²) >= 11 is 0. The van der Waals surface area contributed by atoms with E-state index in [1.54, 1.807) is 19.1 Å². The van der Waals surface area contributed by atoms with E-state index in [-0.39, 0.29) is 5.91 Å². The van der Waals surface area contributed by atoms with Gasteiger partial charge in [0, 0.05) is 19.5 Å². The molecule has 0 aliphatic rings. The molecule has 1 rings (SSSR count). The Morgan fingerprint density at radius 2 is 2.21 bits per heavy atom. The third-order valence-electron chi connectivity index (χ3n) is 2.51. The van der Waals surface area contributed by atoms with Gasteiger partial charge in [0.05, 0.1) is 4.92 Å². The monoisotopic (exact) mass is 266 g/mol. The molecule has 0 aliphatic heterocycles. The fourth-order valence-corrected chi connectivity index (χ4v) is 1.54. The summed E-state index contributed by atoms with van der Waals surface area (Å²) in [5, 5.41) is 13.2. The van der Waals surface area contributed by atoms with Gasteiger partial charge >= 0.3 is 5.69 Å². The number of carbonyl (C=O) groups excluding carboxylic acids is 1. The van der Waals surface area contributed by atoms with Gasteiger partial charge in [0.25, 0.3) is 0 Å². The van der Waals surface area contributed by atoms with Crippen molar-refractivity contribution in [2.24, 2.45) is 0 Å². The predicted octanol–water partition coefficient (Wildman–Crippen LogP) is 2.58. The zero-order valence-corrected chi connectivity index (χ0v) is 10.8. The lowest BCUT2D eigenvalue weighted by Gasteiger charge is -2.02. The summed E-state index contributed by atoms with van der Waals surface area (Å²) < 4.78 is 13.4. The lowest BCUT2D eigenvalue weighted by atomic mass is 10.1. The average Bonchev–Trinajstić information content (AvgIpc) is 2.31. The first kappa shape index (κ1) is 14.8. The number of nitro groups is 1. The highest BCUT2D eigenvalue weighted by molar-refractivity contribution is 5.72. The number of benzene rings is 1. The van der Waals surface area contributed by atoms with Crippen molar-refractivity contribution in [3.63, 3.8) is 0 Å². The van der Waals surface area contributed by atoms with Crippen LogP contribution in [0.4, 0.5) is 10.1 Å². The molecular formula is C13H15FN2O3. The van der Waals surface area contributed by atoms with E-state index in [4.69, 9.17) is 0 Å². The lowest BCUT2D eigenvalue weighted by molar-refractivity contribution is -0.387. The van der Waals surface area contributed by atoms with Gasteiger partial charge in [-0.3, -0.25) is 14.9 Å². The van der Waals surface area contributed by atoms with Crippen molar-refractivity contribution >= 4 is 17.7 Å². The molecule has 0 fully saturated rings. The van der Waals surface area contributed by atoms with E-state index < -0.39 is 16.4 Å². The molecule has 1 aromatic carbocycles. The molecule has 102 valence electrons. The first-order valence-corrected chi connectivity index (χ1v) is 5.77. The molecule has 0 bridgehead atoms. The number of hydrogen-bond acceptors (Lipinski definition) is 3. The molecule has 6 heteroatoms. The van der Waals surface area contributed by atoms with Crippen molar-refractivity contribution in [3.8, 4) is 0 Å². The summed E-state index contributed by atoms with van der Waals surface area (Å²) in [6.07, 6.45) is 4.07. The Labute approximate surface area is 110 Å². The third kappa shape index (κ3) is 4.50. The van der Waals surface area contributed by atoms with E-state index in [0.717, 1.165) is 6.07 Å². The zero-order valence-electron chi connectivity index (χ0n) is 10.8. The maximum Gasteiger partial charge on any atom is 0.305 e. The zero-order chi connectivity index (χ0) is 14.4. The first-order chi connectivity index (χ1) is 8.91. The number of halogens is 1. The number of nitro benzene ring substituents is 1. The smallest absolute Gasteiger partial charge is 0.305 e. The predicted molar refractivity (Wildman–Crippen MR) is 70.1 cm³/mol. The molecule has 0 heterocycles. The third-order valence-corrected chi connectivity index (χ3v) is 2.51.